The van der Waals surface area contributed by atoms with Crippen molar-refractivity contribution in [3.63, 3.8) is 0 Å². The first-order valence-corrected chi connectivity index (χ1v) is 9.90. The van der Waals surface area contributed by atoms with Gasteiger partial charge in [0.1, 0.15) is 11.3 Å². The minimum Gasteiger partial charge on any atom is -0.370 e. The molecule has 136 valence electrons. The number of pyridine rings is 1. The molecule has 7 nitrogen and oxygen atoms in total. The van der Waals surface area contributed by atoms with Gasteiger partial charge in [-0.05, 0) is 12.1 Å². The van der Waals surface area contributed by atoms with E-state index in [9.17, 15) is 4.79 Å². The van der Waals surface area contributed by atoms with Crippen molar-refractivity contribution < 1.29 is 4.79 Å². The van der Waals surface area contributed by atoms with Gasteiger partial charge in [-0.2, -0.15) is 0 Å². The van der Waals surface area contributed by atoms with Crippen LogP contribution in [0.2, 0.25) is 0 Å². The summed E-state index contributed by atoms with van der Waals surface area (Å²) in [6, 6.07) is 3.52. The second-order valence-electron chi connectivity index (χ2n) is 6.70. The van der Waals surface area contributed by atoms with Crippen LogP contribution in [0.15, 0.2) is 29.2 Å². The molecule has 3 aromatic heterocycles. The molecule has 1 amide bonds. The fraction of sp³-hybridized carbons (Fsp3) is 0.353. The molecule has 9 heteroatoms. The lowest BCUT2D eigenvalue weighted by atomic mass is 9.98. The number of nitrogens with one attached hydrogen (secondary N) is 2. The van der Waals surface area contributed by atoms with E-state index >= 15 is 0 Å². The van der Waals surface area contributed by atoms with Crippen molar-refractivity contribution in [2.75, 3.05) is 17.2 Å². The van der Waals surface area contributed by atoms with Crippen LogP contribution < -0.4 is 10.6 Å². The summed E-state index contributed by atoms with van der Waals surface area (Å²) in [4.78, 5) is 21.0. The van der Waals surface area contributed by atoms with Crippen molar-refractivity contribution >= 4 is 39.5 Å². The molecule has 0 saturated carbocycles. The zero-order valence-corrected chi connectivity index (χ0v) is 16.4. The molecular formula is C17H20N6OS2. The Kier molecular flexibility index (Phi) is 5.58. The zero-order chi connectivity index (χ0) is 18.6. The van der Waals surface area contributed by atoms with Crippen molar-refractivity contribution in [1.82, 2.24) is 20.2 Å². The Morgan fingerprint density at radius 2 is 2.08 bits per heavy atom. The lowest BCUT2D eigenvalue weighted by molar-refractivity contribution is 0.102. The largest absolute Gasteiger partial charge is 0.370 e. The summed E-state index contributed by atoms with van der Waals surface area (Å²) in [5, 5.41) is 17.1. The Balaban J connectivity index is 1.50. The third kappa shape index (κ3) is 4.83. The van der Waals surface area contributed by atoms with E-state index in [0.29, 0.717) is 10.7 Å². The normalized spacial score (nSPS) is 11.3. The number of hydrogen-bond donors (Lipinski definition) is 2. The van der Waals surface area contributed by atoms with Gasteiger partial charge in [0.05, 0.1) is 16.3 Å². The van der Waals surface area contributed by atoms with E-state index in [1.54, 1.807) is 35.2 Å². The smallest absolute Gasteiger partial charge is 0.259 e. The first-order chi connectivity index (χ1) is 12.4. The van der Waals surface area contributed by atoms with E-state index in [1.165, 1.54) is 11.3 Å². The van der Waals surface area contributed by atoms with Crippen LogP contribution in [0.5, 0.6) is 0 Å². The molecular weight excluding hydrogens is 368 g/mol. The molecule has 0 aliphatic rings. The number of rotatable bonds is 6. The molecule has 2 N–H and O–H groups in total. The molecule has 3 rings (SSSR count). The monoisotopic (exact) mass is 388 g/mol. The Morgan fingerprint density at radius 1 is 1.23 bits per heavy atom. The number of nitrogens with zero attached hydrogens (tertiary/aromatic N) is 4. The average molecular weight is 389 g/mol. The van der Waals surface area contributed by atoms with Crippen LogP contribution in [0.25, 0.3) is 0 Å². The van der Waals surface area contributed by atoms with Crippen LogP contribution in [0, 0.1) is 0 Å². The predicted molar refractivity (Wildman–Crippen MR) is 105 cm³/mol. The summed E-state index contributed by atoms with van der Waals surface area (Å²) in [7, 11) is 0. The lowest BCUT2D eigenvalue weighted by Gasteiger charge is -2.13. The Bertz CT molecular complexity index is 852. The molecule has 0 aliphatic carbocycles. The van der Waals surface area contributed by atoms with Crippen LogP contribution >= 0.6 is 22.7 Å². The predicted octanol–water partition coefficient (Wildman–Crippen LogP) is 3.59. The van der Waals surface area contributed by atoms with E-state index in [0.717, 1.165) is 29.5 Å². The highest BCUT2D eigenvalue weighted by Gasteiger charge is 2.17. The summed E-state index contributed by atoms with van der Waals surface area (Å²) in [6.07, 6.45) is 2.37. The number of hydrogen-bond acceptors (Lipinski definition) is 8. The highest BCUT2D eigenvalue weighted by molar-refractivity contribution is 7.13. The van der Waals surface area contributed by atoms with E-state index in [4.69, 9.17) is 0 Å². The highest BCUT2D eigenvalue weighted by atomic mass is 32.1. The second-order valence-corrected chi connectivity index (χ2v) is 8.39. The van der Waals surface area contributed by atoms with Crippen LogP contribution in [0.4, 0.5) is 10.9 Å². The minimum atomic E-state index is -0.252. The molecule has 0 radical (unpaired) electrons. The number of anilines is 2. The average Bonchev–Trinajstić information content (AvgIpc) is 3.27. The second kappa shape index (κ2) is 7.88. The van der Waals surface area contributed by atoms with Crippen molar-refractivity contribution in [3.05, 3.63) is 45.5 Å². The van der Waals surface area contributed by atoms with E-state index in [2.05, 4.69) is 57.0 Å². The molecule has 3 heterocycles. The molecule has 0 spiro atoms. The van der Waals surface area contributed by atoms with Gasteiger partial charge in [0.15, 0.2) is 0 Å². The van der Waals surface area contributed by atoms with Crippen molar-refractivity contribution in [2.24, 2.45) is 0 Å². The van der Waals surface area contributed by atoms with E-state index in [1.807, 2.05) is 0 Å². The van der Waals surface area contributed by atoms with Gasteiger partial charge in [-0.25, -0.2) is 9.97 Å². The summed E-state index contributed by atoms with van der Waals surface area (Å²) in [6.45, 7) is 7.23. The number of carbonyl (C=O) groups excluding carboxylic acids is 1. The Labute approximate surface area is 159 Å². The molecule has 0 bridgehead atoms. The van der Waals surface area contributed by atoms with Crippen LogP contribution in [0.1, 0.15) is 41.8 Å². The van der Waals surface area contributed by atoms with Crippen molar-refractivity contribution in [2.45, 2.75) is 32.6 Å². The summed E-state index contributed by atoms with van der Waals surface area (Å²) in [5.41, 5.74) is 3.21. The standard InChI is InChI=1S/C17H20N6OS2/c1-17(2,3)15-21-12(9-25-15)6-7-18-13-5-4-11(8-19-13)14(24)22-16-23-20-10-26-16/h4-5,8-10H,6-7H2,1-3H3,(H,18,19)(H,22,23,24). The maximum Gasteiger partial charge on any atom is 0.259 e. The number of thiazole rings is 1. The van der Waals surface area contributed by atoms with Gasteiger partial charge in [-0.1, -0.05) is 32.1 Å². The molecule has 0 aliphatic heterocycles. The van der Waals surface area contributed by atoms with E-state index in [-0.39, 0.29) is 11.3 Å². The Hall–Kier alpha value is -2.39. The van der Waals surface area contributed by atoms with Gasteiger partial charge >= 0.3 is 0 Å². The maximum atomic E-state index is 12.1. The SMILES string of the molecule is CC(C)(C)c1nc(CCNc2ccc(C(=O)Nc3nncs3)cn2)cs1. The third-order valence-corrected chi connectivity index (χ3v) is 5.41. The van der Waals surface area contributed by atoms with Crippen molar-refractivity contribution in [1.29, 1.82) is 0 Å². The van der Waals surface area contributed by atoms with Gasteiger partial charge in [0, 0.05) is 30.0 Å². The quantitative estimate of drug-likeness (QED) is 0.670. The summed E-state index contributed by atoms with van der Waals surface area (Å²) < 4.78 is 0. The lowest BCUT2D eigenvalue weighted by Crippen LogP contribution is -2.13. The summed E-state index contributed by atoms with van der Waals surface area (Å²) >= 11 is 2.97. The third-order valence-electron chi connectivity index (χ3n) is 3.49. The van der Waals surface area contributed by atoms with Crippen LogP contribution in [-0.4, -0.2) is 32.6 Å². The van der Waals surface area contributed by atoms with Gasteiger partial charge < -0.3 is 5.32 Å². The molecule has 0 atom stereocenters. The highest BCUT2D eigenvalue weighted by Crippen LogP contribution is 2.25. The van der Waals surface area contributed by atoms with Gasteiger partial charge in [-0.15, -0.1) is 21.5 Å². The van der Waals surface area contributed by atoms with Crippen LogP contribution in [0.3, 0.4) is 0 Å². The topological polar surface area (TPSA) is 92.7 Å². The molecule has 0 fully saturated rings. The maximum absolute atomic E-state index is 12.1. The first-order valence-electron chi connectivity index (χ1n) is 8.14. The Morgan fingerprint density at radius 3 is 2.69 bits per heavy atom. The zero-order valence-electron chi connectivity index (χ0n) is 14.8. The summed E-state index contributed by atoms with van der Waals surface area (Å²) in [5.74, 6) is 0.474. The first kappa shape index (κ1) is 18.4. The fourth-order valence-corrected chi connectivity index (χ4v) is 3.50. The van der Waals surface area contributed by atoms with Crippen molar-refractivity contribution in [3.8, 4) is 0 Å². The molecule has 26 heavy (non-hydrogen) atoms. The van der Waals surface area contributed by atoms with Gasteiger partial charge in [0.25, 0.3) is 5.91 Å². The molecule has 3 aromatic rings. The number of carbonyl (C=O) groups is 1. The molecule has 0 aromatic carbocycles. The molecule has 0 saturated heterocycles. The van der Waals surface area contributed by atoms with Crippen LogP contribution in [-0.2, 0) is 11.8 Å². The number of amides is 1. The van der Waals surface area contributed by atoms with E-state index < -0.39 is 0 Å². The fourth-order valence-electron chi connectivity index (χ4n) is 2.11. The van der Waals surface area contributed by atoms with Gasteiger partial charge in [0.2, 0.25) is 5.13 Å². The number of aromatic nitrogens is 4. The van der Waals surface area contributed by atoms with Gasteiger partial charge in [-0.3, -0.25) is 10.1 Å². The molecule has 0 unspecified atom stereocenters. The minimum absolute atomic E-state index is 0.0863.